The lowest BCUT2D eigenvalue weighted by atomic mass is 10.0. The Morgan fingerprint density at radius 2 is 1.12 bits per heavy atom. The summed E-state index contributed by atoms with van der Waals surface area (Å²) in [5.74, 6) is 0.857. The minimum Gasteiger partial charge on any atom is -0.466 e. The number of unbranched alkanes of at least 4 members (excludes halogenated alkanes) is 13. The van der Waals surface area contributed by atoms with Crippen LogP contribution in [0.15, 0.2) is 36.5 Å². The van der Waals surface area contributed by atoms with Gasteiger partial charge in [-0.3, -0.25) is 4.79 Å². The molecule has 0 aromatic heterocycles. The van der Waals surface area contributed by atoms with Gasteiger partial charge in [-0.1, -0.05) is 134 Å². The van der Waals surface area contributed by atoms with Crippen LogP contribution in [-0.4, -0.2) is 12.6 Å². The molecule has 0 saturated carbocycles. The maximum atomic E-state index is 11.8. The summed E-state index contributed by atoms with van der Waals surface area (Å²) < 4.78 is 5.40. The van der Waals surface area contributed by atoms with Gasteiger partial charge < -0.3 is 4.74 Å². The molecule has 0 rings (SSSR count). The molecule has 0 aliphatic rings. The van der Waals surface area contributed by atoms with Crippen molar-refractivity contribution in [2.45, 2.75) is 149 Å². The molecular formula is C32H58O2. The Labute approximate surface area is 213 Å². The molecule has 0 radical (unpaired) electrons. The lowest BCUT2D eigenvalue weighted by Gasteiger charge is -2.06. The predicted octanol–water partition coefficient (Wildman–Crippen LogP) is 10.7. The van der Waals surface area contributed by atoms with E-state index in [1.54, 1.807) is 0 Å². The Balaban J connectivity index is 3.27. The first kappa shape index (κ1) is 32.7. The van der Waals surface area contributed by atoms with Gasteiger partial charge in [-0.2, -0.15) is 0 Å². The van der Waals surface area contributed by atoms with Crippen LogP contribution in [0.25, 0.3) is 0 Å². The van der Waals surface area contributed by atoms with Gasteiger partial charge in [-0.05, 0) is 50.9 Å². The third-order valence-corrected chi connectivity index (χ3v) is 6.22. The normalized spacial score (nSPS) is 12.1. The van der Waals surface area contributed by atoms with E-state index in [9.17, 15) is 4.79 Å². The van der Waals surface area contributed by atoms with E-state index in [0.29, 0.717) is 13.0 Å². The quantitative estimate of drug-likeness (QED) is 0.0747. The van der Waals surface area contributed by atoms with Crippen LogP contribution in [0.5, 0.6) is 0 Å². The van der Waals surface area contributed by atoms with Crippen LogP contribution in [0.4, 0.5) is 0 Å². The van der Waals surface area contributed by atoms with Crippen LogP contribution in [0.1, 0.15) is 149 Å². The molecule has 0 heterocycles. The van der Waals surface area contributed by atoms with Gasteiger partial charge in [0.25, 0.3) is 0 Å². The third-order valence-electron chi connectivity index (χ3n) is 6.22. The van der Waals surface area contributed by atoms with E-state index in [-0.39, 0.29) is 5.97 Å². The van der Waals surface area contributed by atoms with Gasteiger partial charge in [0.05, 0.1) is 6.61 Å². The molecule has 0 aromatic carbocycles. The zero-order valence-electron chi connectivity index (χ0n) is 23.2. The zero-order valence-corrected chi connectivity index (χ0v) is 23.2. The molecule has 0 spiro atoms. The first-order chi connectivity index (χ1) is 16.7. The number of hydrogen-bond donors (Lipinski definition) is 0. The maximum Gasteiger partial charge on any atom is 0.305 e. The Hall–Kier alpha value is -1.31. The number of carbonyl (C=O) groups is 1. The lowest BCUT2D eigenvalue weighted by molar-refractivity contribution is -0.143. The van der Waals surface area contributed by atoms with E-state index in [1.807, 2.05) is 0 Å². The molecule has 2 nitrogen and oxygen atoms in total. The van der Waals surface area contributed by atoms with Crippen LogP contribution in [0.3, 0.4) is 0 Å². The average Bonchev–Trinajstić information content (AvgIpc) is 2.82. The molecule has 0 aliphatic heterocycles. The van der Waals surface area contributed by atoms with Gasteiger partial charge in [-0.15, -0.1) is 0 Å². The van der Waals surface area contributed by atoms with E-state index in [1.165, 1.54) is 83.5 Å². The highest BCUT2D eigenvalue weighted by Gasteiger charge is 2.02. The van der Waals surface area contributed by atoms with Crippen molar-refractivity contribution in [3.05, 3.63) is 36.5 Å². The number of carbonyl (C=O) groups excluding carboxylic acids is 1. The largest absolute Gasteiger partial charge is 0.466 e. The summed E-state index contributed by atoms with van der Waals surface area (Å²) in [6.45, 7) is 7.41. The Morgan fingerprint density at radius 3 is 1.74 bits per heavy atom. The monoisotopic (exact) mass is 474 g/mol. The molecule has 0 atom stereocenters. The summed E-state index contributed by atoms with van der Waals surface area (Å²) in [6.07, 6.45) is 37.5. The summed E-state index contributed by atoms with van der Waals surface area (Å²) in [5, 5.41) is 0. The Bertz CT molecular complexity index is 501. The molecular weight excluding hydrogens is 416 g/mol. The summed E-state index contributed by atoms with van der Waals surface area (Å²) in [7, 11) is 0. The first-order valence-corrected chi connectivity index (χ1v) is 14.8. The highest BCUT2D eigenvalue weighted by Crippen LogP contribution is 2.13. The highest BCUT2D eigenvalue weighted by atomic mass is 16.5. The van der Waals surface area contributed by atoms with Gasteiger partial charge in [-0.25, -0.2) is 0 Å². The maximum absolute atomic E-state index is 11.8. The number of rotatable bonds is 25. The van der Waals surface area contributed by atoms with Crippen LogP contribution < -0.4 is 0 Å². The van der Waals surface area contributed by atoms with Crippen LogP contribution >= 0.6 is 0 Å². The van der Waals surface area contributed by atoms with Crippen molar-refractivity contribution in [2.24, 2.45) is 5.92 Å². The van der Waals surface area contributed by atoms with Crippen molar-refractivity contribution in [2.75, 3.05) is 6.61 Å². The summed E-state index contributed by atoms with van der Waals surface area (Å²) in [6, 6.07) is 0. The number of allylic oxidation sites excluding steroid dienone is 6. The fourth-order valence-electron chi connectivity index (χ4n) is 4.04. The molecule has 0 aliphatic carbocycles. The Kier molecular flexibility index (Phi) is 26.9. The molecule has 0 unspecified atom stereocenters. The fraction of sp³-hybridized carbons (Fsp3) is 0.781. The van der Waals surface area contributed by atoms with E-state index >= 15 is 0 Å². The van der Waals surface area contributed by atoms with Gasteiger partial charge >= 0.3 is 5.97 Å². The molecule has 2 heteroatoms. The van der Waals surface area contributed by atoms with Crippen molar-refractivity contribution < 1.29 is 9.53 Å². The number of hydrogen-bond acceptors (Lipinski definition) is 2. The van der Waals surface area contributed by atoms with Crippen LogP contribution in [0, 0.1) is 5.92 Å². The van der Waals surface area contributed by atoms with E-state index in [4.69, 9.17) is 4.74 Å². The van der Waals surface area contributed by atoms with E-state index in [2.05, 4.69) is 57.2 Å². The minimum absolute atomic E-state index is 0.00238. The van der Waals surface area contributed by atoms with Crippen LogP contribution in [-0.2, 0) is 9.53 Å². The second-order valence-corrected chi connectivity index (χ2v) is 10.2. The van der Waals surface area contributed by atoms with Gasteiger partial charge in [0.15, 0.2) is 0 Å². The molecule has 0 saturated heterocycles. The lowest BCUT2D eigenvalue weighted by Crippen LogP contribution is -2.05. The molecule has 0 N–H and O–H groups in total. The SMILES string of the molecule is CC/C=C\C/C=C\C/C=C\CCCCCCCC(=O)OCCCCCCCCCCCC(C)C. The van der Waals surface area contributed by atoms with Crippen molar-refractivity contribution in [1.82, 2.24) is 0 Å². The summed E-state index contributed by atoms with van der Waals surface area (Å²) in [4.78, 5) is 11.8. The van der Waals surface area contributed by atoms with E-state index in [0.717, 1.165) is 44.4 Å². The zero-order chi connectivity index (χ0) is 25.0. The van der Waals surface area contributed by atoms with Gasteiger partial charge in [0.2, 0.25) is 0 Å². The molecule has 0 amide bonds. The molecule has 0 bridgehead atoms. The second kappa shape index (κ2) is 27.9. The predicted molar refractivity (Wildman–Crippen MR) is 151 cm³/mol. The van der Waals surface area contributed by atoms with Crippen molar-refractivity contribution in [3.8, 4) is 0 Å². The average molecular weight is 475 g/mol. The molecule has 34 heavy (non-hydrogen) atoms. The topological polar surface area (TPSA) is 26.3 Å². The fourth-order valence-corrected chi connectivity index (χ4v) is 4.04. The van der Waals surface area contributed by atoms with Crippen LogP contribution in [0.2, 0.25) is 0 Å². The standard InChI is InChI=1S/C32H58O2/c1-4-5-6-7-8-9-10-11-12-13-14-17-20-23-26-29-32(33)34-30-27-24-21-18-15-16-19-22-25-28-31(2)3/h5-6,8-9,11-12,31H,4,7,10,13-30H2,1-3H3/b6-5-,9-8-,12-11-. The summed E-state index contributed by atoms with van der Waals surface area (Å²) >= 11 is 0. The smallest absolute Gasteiger partial charge is 0.305 e. The summed E-state index contributed by atoms with van der Waals surface area (Å²) in [5.41, 5.74) is 0. The molecule has 0 aromatic rings. The van der Waals surface area contributed by atoms with Gasteiger partial charge in [0.1, 0.15) is 0 Å². The van der Waals surface area contributed by atoms with Crippen molar-refractivity contribution >= 4 is 5.97 Å². The number of ether oxygens (including phenoxy) is 1. The van der Waals surface area contributed by atoms with Crippen molar-refractivity contribution in [3.63, 3.8) is 0 Å². The number of esters is 1. The Morgan fingerprint density at radius 1 is 0.618 bits per heavy atom. The van der Waals surface area contributed by atoms with E-state index < -0.39 is 0 Å². The van der Waals surface area contributed by atoms with Gasteiger partial charge in [0, 0.05) is 6.42 Å². The first-order valence-electron chi connectivity index (χ1n) is 14.8. The van der Waals surface area contributed by atoms with Crippen molar-refractivity contribution in [1.29, 1.82) is 0 Å². The molecule has 0 fully saturated rings. The molecule has 198 valence electrons. The highest BCUT2D eigenvalue weighted by molar-refractivity contribution is 5.69. The third kappa shape index (κ3) is 28.7. The minimum atomic E-state index is 0.00238. The second-order valence-electron chi connectivity index (χ2n) is 10.2.